The van der Waals surface area contributed by atoms with Crippen LogP contribution in [0.2, 0.25) is 10.0 Å². The van der Waals surface area contributed by atoms with Crippen molar-refractivity contribution in [1.82, 2.24) is 10.2 Å². The largest absolute Gasteiger partial charge is 0.339 e. The van der Waals surface area contributed by atoms with Crippen molar-refractivity contribution < 1.29 is 4.79 Å². The van der Waals surface area contributed by atoms with Crippen LogP contribution in [0.4, 0.5) is 17.3 Å². The molecule has 0 spiro atoms. The van der Waals surface area contributed by atoms with Crippen LogP contribution in [0.1, 0.15) is 13.3 Å². The van der Waals surface area contributed by atoms with Crippen molar-refractivity contribution >= 4 is 46.4 Å². The number of carbonyl (C=O) groups excluding carboxylic acids is 1. The normalized spacial score (nSPS) is 10.2. The van der Waals surface area contributed by atoms with E-state index in [1.807, 2.05) is 0 Å². The summed E-state index contributed by atoms with van der Waals surface area (Å²) in [4.78, 5) is 11.2. The Morgan fingerprint density at radius 3 is 2.40 bits per heavy atom. The van der Waals surface area contributed by atoms with Gasteiger partial charge < -0.3 is 10.6 Å². The molecule has 0 aliphatic rings. The molecule has 0 aliphatic carbocycles. The van der Waals surface area contributed by atoms with E-state index in [1.165, 1.54) is 0 Å². The summed E-state index contributed by atoms with van der Waals surface area (Å²) in [5, 5.41) is 14.5. The monoisotopic (exact) mass is 310 g/mol. The first-order valence-corrected chi connectivity index (χ1v) is 6.69. The van der Waals surface area contributed by atoms with Gasteiger partial charge in [0.05, 0.1) is 10.0 Å². The minimum atomic E-state index is -0.107. The summed E-state index contributed by atoms with van der Waals surface area (Å²) in [6.07, 6.45) is 0.394. The average Bonchev–Trinajstić information content (AvgIpc) is 2.45. The lowest BCUT2D eigenvalue weighted by Crippen LogP contribution is -2.11. The van der Waals surface area contributed by atoms with Gasteiger partial charge in [0.1, 0.15) is 0 Å². The molecule has 1 amide bonds. The number of hydrogen-bond acceptors (Lipinski definition) is 4. The van der Waals surface area contributed by atoms with Crippen molar-refractivity contribution in [3.63, 3.8) is 0 Å². The molecule has 0 bridgehead atoms. The summed E-state index contributed by atoms with van der Waals surface area (Å²) in [7, 11) is 0. The highest BCUT2D eigenvalue weighted by molar-refractivity contribution is 6.42. The van der Waals surface area contributed by atoms with Crippen molar-refractivity contribution in [2.75, 3.05) is 10.6 Å². The number of hydrogen-bond donors (Lipinski definition) is 2. The third-order valence-corrected chi connectivity index (χ3v) is 3.18. The number of amides is 1. The van der Waals surface area contributed by atoms with E-state index >= 15 is 0 Å². The van der Waals surface area contributed by atoms with Crippen molar-refractivity contribution in [1.29, 1.82) is 0 Å². The molecular weight excluding hydrogens is 299 g/mol. The van der Waals surface area contributed by atoms with E-state index < -0.39 is 0 Å². The first kappa shape index (κ1) is 14.6. The zero-order chi connectivity index (χ0) is 14.5. The SMILES string of the molecule is CCC(=O)Nc1ccc(Nc2ccc(Cl)c(Cl)c2)nn1. The van der Waals surface area contributed by atoms with E-state index in [1.54, 1.807) is 37.3 Å². The van der Waals surface area contributed by atoms with Crippen molar-refractivity contribution in [2.45, 2.75) is 13.3 Å². The van der Waals surface area contributed by atoms with Gasteiger partial charge in [0.2, 0.25) is 5.91 Å². The maximum Gasteiger partial charge on any atom is 0.225 e. The highest BCUT2D eigenvalue weighted by atomic mass is 35.5. The third kappa shape index (κ3) is 3.82. The van der Waals surface area contributed by atoms with Crippen LogP contribution in [0.25, 0.3) is 0 Å². The number of carbonyl (C=O) groups is 1. The fraction of sp³-hybridized carbons (Fsp3) is 0.154. The lowest BCUT2D eigenvalue weighted by atomic mass is 10.3. The lowest BCUT2D eigenvalue weighted by Gasteiger charge is -2.07. The van der Waals surface area contributed by atoms with E-state index in [4.69, 9.17) is 23.2 Å². The molecule has 1 aromatic heterocycles. The molecule has 2 aromatic rings. The Hall–Kier alpha value is -1.85. The molecule has 104 valence electrons. The van der Waals surface area contributed by atoms with E-state index in [2.05, 4.69) is 20.8 Å². The molecule has 0 radical (unpaired) electrons. The minimum Gasteiger partial charge on any atom is -0.339 e. The van der Waals surface area contributed by atoms with Crippen LogP contribution in [0.3, 0.4) is 0 Å². The minimum absolute atomic E-state index is 0.107. The summed E-state index contributed by atoms with van der Waals surface area (Å²) in [6, 6.07) is 8.54. The van der Waals surface area contributed by atoms with Crippen LogP contribution in [0, 0.1) is 0 Å². The molecule has 2 rings (SSSR count). The standard InChI is InChI=1S/C13H12Cl2N4O/c1-2-13(20)17-12-6-5-11(18-19-12)16-8-3-4-9(14)10(15)7-8/h3-7H,2H2,1H3,(H,16,18)(H,17,19,20). The van der Waals surface area contributed by atoms with E-state index in [-0.39, 0.29) is 5.91 Å². The predicted octanol–water partition coefficient (Wildman–Crippen LogP) is 3.88. The van der Waals surface area contributed by atoms with Crippen molar-refractivity contribution in [3.8, 4) is 0 Å². The van der Waals surface area contributed by atoms with Gasteiger partial charge in [-0.2, -0.15) is 0 Å². The van der Waals surface area contributed by atoms with E-state index in [0.29, 0.717) is 28.1 Å². The van der Waals surface area contributed by atoms with Gasteiger partial charge in [-0.05, 0) is 30.3 Å². The molecule has 0 atom stereocenters. The average molecular weight is 311 g/mol. The molecule has 1 heterocycles. The maximum absolute atomic E-state index is 11.2. The van der Waals surface area contributed by atoms with Crippen LogP contribution in [-0.4, -0.2) is 16.1 Å². The zero-order valence-electron chi connectivity index (χ0n) is 10.7. The summed E-state index contributed by atoms with van der Waals surface area (Å²) in [6.45, 7) is 1.77. The van der Waals surface area contributed by atoms with Crippen LogP contribution < -0.4 is 10.6 Å². The second-order valence-corrected chi connectivity index (χ2v) is 4.77. The molecule has 0 aliphatic heterocycles. The van der Waals surface area contributed by atoms with Gasteiger partial charge in [0.15, 0.2) is 11.6 Å². The van der Waals surface area contributed by atoms with Crippen LogP contribution in [0.5, 0.6) is 0 Å². The van der Waals surface area contributed by atoms with Crippen LogP contribution in [-0.2, 0) is 4.79 Å². The van der Waals surface area contributed by atoms with E-state index in [0.717, 1.165) is 5.69 Å². The molecule has 0 saturated heterocycles. The molecule has 20 heavy (non-hydrogen) atoms. The van der Waals surface area contributed by atoms with Crippen LogP contribution in [0.15, 0.2) is 30.3 Å². The number of aromatic nitrogens is 2. The van der Waals surface area contributed by atoms with Gasteiger partial charge in [-0.1, -0.05) is 30.1 Å². The van der Waals surface area contributed by atoms with Gasteiger partial charge in [0.25, 0.3) is 0 Å². The summed E-state index contributed by atoms with van der Waals surface area (Å²) in [5.74, 6) is 0.846. The van der Waals surface area contributed by atoms with Gasteiger partial charge in [-0.15, -0.1) is 10.2 Å². The molecule has 5 nitrogen and oxygen atoms in total. The topological polar surface area (TPSA) is 66.9 Å². The molecule has 0 fully saturated rings. The first-order valence-electron chi connectivity index (χ1n) is 5.94. The molecule has 0 saturated carbocycles. The Kier molecular flexibility index (Phi) is 4.76. The Bertz CT molecular complexity index is 616. The molecule has 2 N–H and O–H groups in total. The second-order valence-electron chi connectivity index (χ2n) is 3.96. The Labute approximate surface area is 126 Å². The summed E-state index contributed by atoms with van der Waals surface area (Å²) in [5.41, 5.74) is 0.749. The predicted molar refractivity (Wildman–Crippen MR) is 80.7 cm³/mol. The zero-order valence-corrected chi connectivity index (χ0v) is 12.2. The Balaban J connectivity index is 2.06. The maximum atomic E-state index is 11.2. The lowest BCUT2D eigenvalue weighted by molar-refractivity contribution is -0.115. The fourth-order valence-electron chi connectivity index (χ4n) is 1.42. The first-order chi connectivity index (χ1) is 9.58. The summed E-state index contributed by atoms with van der Waals surface area (Å²) >= 11 is 11.8. The molecule has 0 unspecified atom stereocenters. The number of nitrogens with one attached hydrogen (secondary N) is 2. The smallest absolute Gasteiger partial charge is 0.225 e. The number of rotatable bonds is 4. The van der Waals surface area contributed by atoms with Crippen molar-refractivity contribution in [2.24, 2.45) is 0 Å². The van der Waals surface area contributed by atoms with Gasteiger partial charge in [0, 0.05) is 12.1 Å². The van der Waals surface area contributed by atoms with Gasteiger partial charge in [-0.25, -0.2) is 0 Å². The molecular formula is C13H12Cl2N4O. The highest BCUT2D eigenvalue weighted by Crippen LogP contribution is 2.26. The van der Waals surface area contributed by atoms with E-state index in [9.17, 15) is 4.79 Å². The van der Waals surface area contributed by atoms with Gasteiger partial charge in [-0.3, -0.25) is 4.79 Å². The quantitative estimate of drug-likeness (QED) is 0.899. The van der Waals surface area contributed by atoms with Crippen molar-refractivity contribution in [3.05, 3.63) is 40.4 Å². The second kappa shape index (κ2) is 6.54. The summed E-state index contributed by atoms with van der Waals surface area (Å²) < 4.78 is 0. The highest BCUT2D eigenvalue weighted by Gasteiger charge is 2.03. The Morgan fingerprint density at radius 1 is 1.10 bits per heavy atom. The third-order valence-electron chi connectivity index (χ3n) is 2.45. The van der Waals surface area contributed by atoms with Gasteiger partial charge >= 0.3 is 0 Å². The fourth-order valence-corrected chi connectivity index (χ4v) is 1.72. The number of nitrogens with zero attached hydrogens (tertiary/aromatic N) is 2. The Morgan fingerprint density at radius 2 is 1.80 bits per heavy atom. The molecule has 1 aromatic carbocycles. The number of benzene rings is 1. The number of anilines is 3. The van der Waals surface area contributed by atoms with Crippen LogP contribution >= 0.6 is 23.2 Å². The molecule has 7 heteroatoms. The number of halogens is 2.